The Labute approximate surface area is 354 Å². The molecule has 61 heavy (non-hydrogen) atoms. The highest BCUT2D eigenvalue weighted by atomic mass is 15.0. The first-order valence-corrected chi connectivity index (χ1v) is 20.3. The zero-order valence-electron chi connectivity index (χ0n) is 32.9. The van der Waals surface area contributed by atoms with Gasteiger partial charge in [0.2, 0.25) is 0 Å². The third kappa shape index (κ3) is 6.09. The maximum atomic E-state index is 10.2. The summed E-state index contributed by atoms with van der Waals surface area (Å²) in [4.78, 5) is 20.3. The summed E-state index contributed by atoms with van der Waals surface area (Å²) in [5.41, 5.74) is 13.3. The molecule has 0 radical (unpaired) electrons. The van der Waals surface area contributed by atoms with Crippen LogP contribution in [0.1, 0.15) is 27.8 Å². The molecule has 0 unspecified atom stereocenters. The fourth-order valence-electron chi connectivity index (χ4n) is 9.10. The van der Waals surface area contributed by atoms with Gasteiger partial charge in [0, 0.05) is 28.5 Å². The molecule has 5 nitrogen and oxygen atoms in total. The van der Waals surface area contributed by atoms with E-state index in [-0.39, 0.29) is 0 Å². The number of benzene rings is 8. The maximum absolute atomic E-state index is 10.2. The number of fused-ring (bicyclic) bond motifs is 4. The van der Waals surface area contributed by atoms with Crippen LogP contribution >= 0.6 is 0 Å². The normalized spacial score (nSPS) is 12.4. The highest BCUT2D eigenvalue weighted by Gasteiger charge is 2.46. The van der Waals surface area contributed by atoms with Crippen LogP contribution in [0.5, 0.6) is 0 Å². The van der Waals surface area contributed by atoms with Crippen LogP contribution < -0.4 is 0 Å². The van der Waals surface area contributed by atoms with E-state index in [1.807, 2.05) is 60.8 Å². The van der Waals surface area contributed by atoms with Crippen molar-refractivity contribution in [3.05, 3.63) is 240 Å². The first-order chi connectivity index (χ1) is 30.2. The molecule has 0 amide bonds. The summed E-state index contributed by atoms with van der Waals surface area (Å²) in [6.07, 6.45) is 1.83. The number of nitriles is 1. The van der Waals surface area contributed by atoms with Crippen LogP contribution in [0.2, 0.25) is 0 Å². The van der Waals surface area contributed by atoms with Crippen LogP contribution in [-0.2, 0) is 5.41 Å². The predicted molar refractivity (Wildman–Crippen MR) is 244 cm³/mol. The first kappa shape index (κ1) is 35.8. The highest BCUT2D eigenvalue weighted by molar-refractivity contribution is 5.96. The van der Waals surface area contributed by atoms with E-state index in [9.17, 15) is 5.26 Å². The van der Waals surface area contributed by atoms with Gasteiger partial charge in [-0.2, -0.15) is 5.26 Å². The molecule has 284 valence electrons. The molecule has 2 aromatic heterocycles. The predicted octanol–water partition coefficient (Wildman–Crippen LogP) is 13.0. The van der Waals surface area contributed by atoms with Gasteiger partial charge in [-0.25, -0.2) is 15.0 Å². The van der Waals surface area contributed by atoms with Crippen molar-refractivity contribution in [3.8, 4) is 73.7 Å². The molecule has 1 aliphatic rings. The second kappa shape index (κ2) is 14.8. The Hall–Kier alpha value is -8.33. The fraction of sp³-hybridized carbons (Fsp3) is 0.0179. The smallest absolute Gasteiger partial charge is 0.164 e. The topological polar surface area (TPSA) is 75.3 Å². The van der Waals surface area contributed by atoms with Crippen LogP contribution in [0, 0.1) is 11.3 Å². The van der Waals surface area contributed by atoms with Gasteiger partial charge in [-0.15, -0.1) is 0 Å². The molecule has 10 aromatic rings. The summed E-state index contributed by atoms with van der Waals surface area (Å²) in [5, 5.41) is 12.4. The van der Waals surface area contributed by atoms with Crippen LogP contribution in [0.3, 0.4) is 0 Å². The van der Waals surface area contributed by atoms with Crippen molar-refractivity contribution in [1.82, 2.24) is 19.9 Å². The summed E-state index contributed by atoms with van der Waals surface area (Å²) < 4.78 is 0. The van der Waals surface area contributed by atoms with Crippen LogP contribution in [0.25, 0.3) is 78.4 Å². The number of hydrogen-bond donors (Lipinski definition) is 0. The quantitative estimate of drug-likeness (QED) is 0.161. The Bertz CT molecular complexity index is 3260. The molecule has 1 aliphatic carbocycles. The number of pyridine rings is 1. The van der Waals surface area contributed by atoms with E-state index in [2.05, 4.69) is 158 Å². The molecule has 5 heteroatoms. The molecule has 8 aromatic carbocycles. The van der Waals surface area contributed by atoms with Gasteiger partial charge in [0.25, 0.3) is 0 Å². The van der Waals surface area contributed by atoms with Gasteiger partial charge in [-0.1, -0.05) is 158 Å². The van der Waals surface area contributed by atoms with Crippen molar-refractivity contribution >= 4 is 10.8 Å². The van der Waals surface area contributed by atoms with Crippen molar-refractivity contribution in [2.75, 3.05) is 0 Å². The third-order valence-electron chi connectivity index (χ3n) is 11.9. The SMILES string of the molecule is N#Cc1ccc2c(c1)C(c1ccccc1)(c1ccccc1)c1cc(-c3cc(-c4ccccn4)cc(-c4nc(-c5ccccc5)nc(-c5cccc6ccccc56)n4)c3)ccc1-2. The number of rotatable bonds is 7. The lowest BCUT2D eigenvalue weighted by Crippen LogP contribution is -2.28. The second-order valence-electron chi connectivity index (χ2n) is 15.3. The molecule has 0 aliphatic heterocycles. The van der Waals surface area contributed by atoms with Crippen LogP contribution in [0.15, 0.2) is 212 Å². The Morgan fingerprint density at radius 1 is 0.393 bits per heavy atom. The minimum atomic E-state index is -0.677. The van der Waals surface area contributed by atoms with Gasteiger partial charge in [-0.05, 0) is 104 Å². The fourth-order valence-corrected chi connectivity index (χ4v) is 9.10. The van der Waals surface area contributed by atoms with Crippen molar-refractivity contribution in [3.63, 3.8) is 0 Å². The molecule has 2 heterocycles. The van der Waals surface area contributed by atoms with E-state index in [0.29, 0.717) is 23.0 Å². The summed E-state index contributed by atoms with van der Waals surface area (Å²) in [6.45, 7) is 0. The van der Waals surface area contributed by atoms with Crippen LogP contribution in [0.4, 0.5) is 0 Å². The van der Waals surface area contributed by atoms with Gasteiger partial charge in [0.15, 0.2) is 17.5 Å². The standard InChI is InChI=1S/C56H35N5/c57-36-37-26-28-47-48-29-27-40(35-51(48)56(50(47)31-37,44-19-6-2-7-20-44)45-21-8-3-9-22-45)41-32-42(52-25-12-13-30-58-52)34-43(33-41)54-59-53(39-16-4-1-5-17-39)60-55(61-54)49-24-14-18-38-15-10-11-23-46(38)49/h1-35H. The molecule has 11 rings (SSSR count). The van der Waals surface area contributed by atoms with E-state index >= 15 is 0 Å². The van der Waals surface area contributed by atoms with E-state index in [4.69, 9.17) is 19.9 Å². The number of aromatic nitrogens is 4. The summed E-state index contributed by atoms with van der Waals surface area (Å²) >= 11 is 0. The van der Waals surface area contributed by atoms with E-state index in [1.54, 1.807) is 0 Å². The average molecular weight is 778 g/mol. The molecule has 0 spiro atoms. The first-order valence-electron chi connectivity index (χ1n) is 20.3. The zero-order valence-corrected chi connectivity index (χ0v) is 32.9. The molecule has 0 saturated carbocycles. The van der Waals surface area contributed by atoms with Crippen molar-refractivity contribution in [2.45, 2.75) is 5.41 Å². The van der Waals surface area contributed by atoms with Crippen LogP contribution in [-0.4, -0.2) is 19.9 Å². The summed E-state index contributed by atoms with van der Waals surface area (Å²) in [5.74, 6) is 1.77. The minimum Gasteiger partial charge on any atom is -0.256 e. The van der Waals surface area contributed by atoms with E-state index in [1.165, 1.54) is 0 Å². The average Bonchev–Trinajstić information content (AvgIpc) is 3.64. The monoisotopic (exact) mass is 777 g/mol. The van der Waals surface area contributed by atoms with Crippen molar-refractivity contribution in [2.24, 2.45) is 0 Å². The Kier molecular flexibility index (Phi) is 8.69. The molecular weight excluding hydrogens is 743 g/mol. The molecule has 0 N–H and O–H groups in total. The van der Waals surface area contributed by atoms with Gasteiger partial charge in [0.1, 0.15) is 0 Å². The Morgan fingerprint density at radius 3 is 1.70 bits per heavy atom. The van der Waals surface area contributed by atoms with E-state index in [0.717, 1.165) is 83.2 Å². The highest BCUT2D eigenvalue weighted by Crippen LogP contribution is 2.57. The van der Waals surface area contributed by atoms with Gasteiger partial charge in [0.05, 0.1) is 22.7 Å². The lowest BCUT2D eigenvalue weighted by Gasteiger charge is -2.34. The van der Waals surface area contributed by atoms with Gasteiger partial charge < -0.3 is 0 Å². The molecule has 0 atom stereocenters. The Morgan fingerprint density at radius 2 is 0.984 bits per heavy atom. The largest absolute Gasteiger partial charge is 0.256 e. The minimum absolute atomic E-state index is 0.566. The zero-order chi connectivity index (χ0) is 40.8. The van der Waals surface area contributed by atoms with Crippen molar-refractivity contribution in [1.29, 1.82) is 5.26 Å². The molecule has 0 fully saturated rings. The summed E-state index contributed by atoms with van der Waals surface area (Å²) in [7, 11) is 0. The lowest BCUT2D eigenvalue weighted by molar-refractivity contribution is 0.768. The lowest BCUT2D eigenvalue weighted by atomic mass is 9.67. The number of nitrogens with zero attached hydrogens (tertiary/aromatic N) is 5. The molecular formula is C56H35N5. The Balaban J connectivity index is 1.16. The maximum Gasteiger partial charge on any atom is 0.164 e. The van der Waals surface area contributed by atoms with Gasteiger partial charge in [-0.3, -0.25) is 4.98 Å². The van der Waals surface area contributed by atoms with Crippen molar-refractivity contribution < 1.29 is 0 Å². The molecule has 0 bridgehead atoms. The van der Waals surface area contributed by atoms with E-state index < -0.39 is 5.41 Å². The third-order valence-corrected chi connectivity index (χ3v) is 11.9. The summed E-state index contributed by atoms with van der Waals surface area (Å²) in [6, 6.07) is 73.9. The second-order valence-corrected chi connectivity index (χ2v) is 15.3. The van der Waals surface area contributed by atoms with Gasteiger partial charge >= 0.3 is 0 Å². The number of hydrogen-bond acceptors (Lipinski definition) is 5. The molecule has 0 saturated heterocycles.